The molecule has 0 aliphatic heterocycles. The van der Waals surface area contributed by atoms with Crippen LogP contribution in [-0.2, 0) is 4.79 Å². The van der Waals surface area contributed by atoms with Crippen LogP contribution in [0.5, 0.6) is 11.5 Å². The number of nitrogens with zero attached hydrogens (tertiary/aromatic N) is 1. The largest absolute Gasteiger partial charge is 0.493 e. The second-order valence-electron chi connectivity index (χ2n) is 4.26. The number of nitrogens with one attached hydrogen (secondary N) is 1. The van der Waals surface area contributed by atoms with E-state index in [9.17, 15) is 4.79 Å². The van der Waals surface area contributed by atoms with E-state index in [0.29, 0.717) is 23.1 Å². The number of rotatable bonds is 5. The van der Waals surface area contributed by atoms with Crippen LogP contribution in [0.25, 0.3) is 6.08 Å². The fraction of sp³-hybridized carbons (Fsp3) is 0.200. The second kappa shape index (κ2) is 6.60. The maximum absolute atomic E-state index is 11.7. The molecule has 1 N–H and O–H groups in total. The van der Waals surface area contributed by atoms with Crippen LogP contribution in [0.3, 0.4) is 0 Å². The summed E-state index contributed by atoms with van der Waals surface area (Å²) in [5.41, 5.74) is 0.819. The Morgan fingerprint density at radius 2 is 2.00 bits per heavy atom. The molecule has 1 aromatic heterocycles. The molecule has 0 atom stereocenters. The number of carbonyl (C=O) groups is 1. The second-order valence-corrected chi connectivity index (χ2v) is 4.26. The van der Waals surface area contributed by atoms with Crippen molar-refractivity contribution in [2.24, 2.45) is 0 Å². The average molecular weight is 288 g/mol. The third-order valence-corrected chi connectivity index (χ3v) is 2.71. The molecule has 0 bridgehead atoms. The maximum atomic E-state index is 11.7. The van der Waals surface area contributed by atoms with Crippen LogP contribution in [-0.4, -0.2) is 25.3 Å². The molecule has 0 spiro atoms. The minimum absolute atomic E-state index is 0.293. The molecule has 0 fully saturated rings. The SMILES string of the molecule is COc1ccc(C=CC(=O)Nc2cc(C)on2)cc1OC. The summed E-state index contributed by atoms with van der Waals surface area (Å²) < 4.78 is 15.2. The number of benzene rings is 1. The van der Waals surface area contributed by atoms with Crippen molar-refractivity contribution in [1.82, 2.24) is 5.16 Å². The Hall–Kier alpha value is -2.76. The Labute approximate surface area is 122 Å². The molecule has 2 aromatic rings. The van der Waals surface area contributed by atoms with Crippen LogP contribution >= 0.6 is 0 Å². The van der Waals surface area contributed by atoms with E-state index in [4.69, 9.17) is 14.0 Å². The molecule has 0 saturated heterocycles. The van der Waals surface area contributed by atoms with Crippen LogP contribution in [0.2, 0.25) is 0 Å². The first-order valence-electron chi connectivity index (χ1n) is 6.27. The zero-order valence-electron chi connectivity index (χ0n) is 12.0. The van der Waals surface area contributed by atoms with Crippen molar-refractivity contribution in [3.63, 3.8) is 0 Å². The summed E-state index contributed by atoms with van der Waals surface area (Å²) in [6, 6.07) is 7.02. The lowest BCUT2D eigenvalue weighted by Gasteiger charge is -2.07. The standard InChI is InChI=1S/C15H16N2O4/c1-10-8-14(17-21-10)16-15(18)7-5-11-4-6-12(19-2)13(9-11)20-3/h4-9H,1-3H3,(H,16,17,18). The summed E-state index contributed by atoms with van der Waals surface area (Å²) in [6.07, 6.45) is 3.08. The predicted molar refractivity (Wildman–Crippen MR) is 78.4 cm³/mol. The molecule has 0 aliphatic rings. The molecule has 6 heteroatoms. The van der Waals surface area contributed by atoms with Gasteiger partial charge < -0.3 is 19.3 Å². The molecule has 6 nitrogen and oxygen atoms in total. The van der Waals surface area contributed by atoms with E-state index in [1.165, 1.54) is 6.08 Å². The van der Waals surface area contributed by atoms with E-state index in [1.807, 2.05) is 6.07 Å². The number of hydrogen-bond acceptors (Lipinski definition) is 5. The number of amides is 1. The number of ether oxygens (including phenoxy) is 2. The van der Waals surface area contributed by atoms with Crippen molar-refractivity contribution < 1.29 is 18.8 Å². The molecule has 21 heavy (non-hydrogen) atoms. The molecular formula is C15H16N2O4. The van der Waals surface area contributed by atoms with Gasteiger partial charge in [-0.25, -0.2) is 0 Å². The van der Waals surface area contributed by atoms with Gasteiger partial charge in [-0.1, -0.05) is 11.2 Å². The number of anilines is 1. The van der Waals surface area contributed by atoms with Gasteiger partial charge in [-0.3, -0.25) is 4.79 Å². The molecule has 0 saturated carbocycles. The molecule has 110 valence electrons. The first-order valence-corrected chi connectivity index (χ1v) is 6.27. The van der Waals surface area contributed by atoms with E-state index in [0.717, 1.165) is 5.56 Å². The molecule has 0 aliphatic carbocycles. The minimum Gasteiger partial charge on any atom is -0.493 e. The lowest BCUT2D eigenvalue weighted by atomic mass is 10.2. The van der Waals surface area contributed by atoms with Crippen LogP contribution in [0, 0.1) is 6.92 Å². The van der Waals surface area contributed by atoms with Crippen molar-refractivity contribution in [3.8, 4) is 11.5 Å². The van der Waals surface area contributed by atoms with Gasteiger partial charge >= 0.3 is 0 Å². The zero-order chi connectivity index (χ0) is 15.2. The Bertz CT molecular complexity index is 661. The summed E-state index contributed by atoms with van der Waals surface area (Å²) >= 11 is 0. The summed E-state index contributed by atoms with van der Waals surface area (Å²) in [5, 5.41) is 6.28. The highest BCUT2D eigenvalue weighted by molar-refractivity contribution is 6.01. The highest BCUT2D eigenvalue weighted by atomic mass is 16.5. The van der Waals surface area contributed by atoms with Gasteiger partial charge in [-0.15, -0.1) is 0 Å². The van der Waals surface area contributed by atoms with Crippen LogP contribution in [0.15, 0.2) is 34.9 Å². The van der Waals surface area contributed by atoms with Gasteiger partial charge in [0.15, 0.2) is 17.3 Å². The lowest BCUT2D eigenvalue weighted by molar-refractivity contribution is -0.111. The van der Waals surface area contributed by atoms with Gasteiger partial charge in [0.05, 0.1) is 14.2 Å². The highest BCUT2D eigenvalue weighted by Crippen LogP contribution is 2.27. The molecule has 0 radical (unpaired) electrons. The zero-order valence-corrected chi connectivity index (χ0v) is 12.0. The number of hydrogen-bond donors (Lipinski definition) is 1. The van der Waals surface area contributed by atoms with Crippen molar-refractivity contribution in [1.29, 1.82) is 0 Å². The van der Waals surface area contributed by atoms with Gasteiger partial charge in [0, 0.05) is 12.1 Å². The Balaban J connectivity index is 2.04. The van der Waals surface area contributed by atoms with Gasteiger partial charge in [-0.05, 0) is 30.7 Å². The van der Waals surface area contributed by atoms with E-state index < -0.39 is 0 Å². The van der Waals surface area contributed by atoms with Crippen LogP contribution < -0.4 is 14.8 Å². The molecule has 0 unspecified atom stereocenters. The van der Waals surface area contributed by atoms with E-state index in [-0.39, 0.29) is 5.91 Å². The maximum Gasteiger partial charge on any atom is 0.249 e. The molecule has 2 rings (SSSR count). The fourth-order valence-electron chi connectivity index (χ4n) is 1.72. The third-order valence-electron chi connectivity index (χ3n) is 2.71. The van der Waals surface area contributed by atoms with Gasteiger partial charge in [0.2, 0.25) is 5.91 Å². The predicted octanol–water partition coefficient (Wildman–Crippen LogP) is 2.65. The first kappa shape index (κ1) is 14.6. The number of methoxy groups -OCH3 is 2. The molecule has 1 amide bonds. The van der Waals surface area contributed by atoms with Crippen molar-refractivity contribution in [2.45, 2.75) is 6.92 Å². The first-order chi connectivity index (χ1) is 10.1. The van der Waals surface area contributed by atoms with Crippen LogP contribution in [0.4, 0.5) is 5.82 Å². The molecular weight excluding hydrogens is 272 g/mol. The number of aromatic nitrogens is 1. The molecule has 1 heterocycles. The van der Waals surface area contributed by atoms with Crippen LogP contribution in [0.1, 0.15) is 11.3 Å². The topological polar surface area (TPSA) is 73.6 Å². The summed E-state index contributed by atoms with van der Waals surface area (Å²) in [7, 11) is 3.13. The number of aryl methyl sites for hydroxylation is 1. The minimum atomic E-state index is -0.293. The van der Waals surface area contributed by atoms with Crippen molar-refractivity contribution in [2.75, 3.05) is 19.5 Å². The molecule has 1 aromatic carbocycles. The third kappa shape index (κ3) is 3.85. The van der Waals surface area contributed by atoms with E-state index in [2.05, 4.69) is 10.5 Å². The quantitative estimate of drug-likeness (QED) is 0.856. The average Bonchev–Trinajstić information content (AvgIpc) is 2.89. The monoisotopic (exact) mass is 288 g/mol. The van der Waals surface area contributed by atoms with Gasteiger partial charge in [0.25, 0.3) is 0 Å². The van der Waals surface area contributed by atoms with Crippen molar-refractivity contribution >= 4 is 17.8 Å². The summed E-state index contributed by atoms with van der Waals surface area (Å²) in [4.78, 5) is 11.7. The Kier molecular flexibility index (Phi) is 4.61. The van der Waals surface area contributed by atoms with Gasteiger partial charge in [0.1, 0.15) is 5.76 Å². The highest BCUT2D eigenvalue weighted by Gasteiger charge is 2.05. The van der Waals surface area contributed by atoms with Gasteiger partial charge in [-0.2, -0.15) is 0 Å². The van der Waals surface area contributed by atoms with E-state index in [1.54, 1.807) is 45.4 Å². The summed E-state index contributed by atoms with van der Waals surface area (Å²) in [5.74, 6) is 1.96. The Morgan fingerprint density at radius 1 is 1.24 bits per heavy atom. The van der Waals surface area contributed by atoms with E-state index >= 15 is 0 Å². The fourth-order valence-corrected chi connectivity index (χ4v) is 1.72. The number of carbonyl (C=O) groups excluding carboxylic acids is 1. The normalized spacial score (nSPS) is 10.6. The lowest BCUT2D eigenvalue weighted by Crippen LogP contribution is -2.07. The Morgan fingerprint density at radius 3 is 2.62 bits per heavy atom. The smallest absolute Gasteiger partial charge is 0.249 e. The van der Waals surface area contributed by atoms with Crippen molar-refractivity contribution in [3.05, 3.63) is 41.7 Å². The summed E-state index contributed by atoms with van der Waals surface area (Å²) in [6.45, 7) is 1.75.